The Labute approximate surface area is 114 Å². The van der Waals surface area contributed by atoms with E-state index in [0.717, 1.165) is 12.8 Å². The summed E-state index contributed by atoms with van der Waals surface area (Å²) in [5, 5.41) is 3.76. The van der Waals surface area contributed by atoms with Crippen molar-refractivity contribution in [1.29, 1.82) is 0 Å². The monoisotopic (exact) mass is 275 g/mol. The van der Waals surface area contributed by atoms with Gasteiger partial charge in [-0.2, -0.15) is 4.98 Å². The Hall–Kier alpha value is -2.44. The van der Waals surface area contributed by atoms with Crippen LogP contribution in [-0.2, 0) is 0 Å². The van der Waals surface area contributed by atoms with Crippen LogP contribution in [0.4, 0.5) is 0 Å². The molecule has 2 aromatic heterocycles. The van der Waals surface area contributed by atoms with Crippen molar-refractivity contribution >= 4 is 5.91 Å². The number of carbonyl (C=O) groups is 1. The molecule has 0 aliphatic carbocycles. The van der Waals surface area contributed by atoms with E-state index in [1.54, 1.807) is 11.8 Å². The van der Waals surface area contributed by atoms with Crippen molar-refractivity contribution in [3.05, 3.63) is 46.1 Å². The highest BCUT2D eigenvalue weighted by atomic mass is 16.5. The number of carbonyl (C=O) groups excluding carboxylic acids is 1. The lowest BCUT2D eigenvalue weighted by Gasteiger charge is -2.21. The third-order valence-corrected chi connectivity index (χ3v) is 3.29. The van der Waals surface area contributed by atoms with E-state index in [1.165, 1.54) is 18.4 Å². The predicted molar refractivity (Wildman–Crippen MR) is 67.0 cm³/mol. The zero-order valence-electron chi connectivity index (χ0n) is 10.9. The zero-order chi connectivity index (χ0) is 14.1. The molecular formula is C13H13N3O4. The first-order valence-corrected chi connectivity index (χ1v) is 6.35. The van der Waals surface area contributed by atoms with E-state index in [0.29, 0.717) is 23.8 Å². The molecule has 0 bridgehead atoms. The van der Waals surface area contributed by atoms with Crippen LogP contribution in [0.25, 0.3) is 0 Å². The summed E-state index contributed by atoms with van der Waals surface area (Å²) in [5.41, 5.74) is -0.139. The maximum absolute atomic E-state index is 12.4. The van der Waals surface area contributed by atoms with Crippen molar-refractivity contribution in [2.45, 2.75) is 25.8 Å². The maximum Gasteiger partial charge on any atom is 0.335 e. The van der Waals surface area contributed by atoms with Gasteiger partial charge >= 0.3 is 5.63 Å². The standard InChI is InChI=1S/C13H13N3O4/c1-8-14-12(20-15-8)10-3-2-6-16(10)13(18)9-4-5-11(17)19-7-9/h4-5,7,10H,2-3,6H2,1H3. The van der Waals surface area contributed by atoms with Crippen LogP contribution < -0.4 is 5.63 Å². The van der Waals surface area contributed by atoms with Crippen LogP contribution in [0.2, 0.25) is 0 Å². The molecule has 0 aromatic carbocycles. The molecule has 3 heterocycles. The van der Waals surface area contributed by atoms with Crippen molar-refractivity contribution in [3.8, 4) is 0 Å². The van der Waals surface area contributed by atoms with Gasteiger partial charge in [-0.25, -0.2) is 4.79 Å². The first-order valence-electron chi connectivity index (χ1n) is 6.35. The predicted octanol–water partition coefficient (Wildman–Crippen LogP) is 1.31. The van der Waals surface area contributed by atoms with Gasteiger partial charge in [0.25, 0.3) is 5.91 Å². The Kier molecular flexibility index (Phi) is 3.09. The summed E-state index contributed by atoms with van der Waals surface area (Å²) in [4.78, 5) is 29.2. The van der Waals surface area contributed by atoms with Gasteiger partial charge in [0.15, 0.2) is 5.82 Å². The van der Waals surface area contributed by atoms with E-state index in [1.807, 2.05) is 0 Å². The van der Waals surface area contributed by atoms with Crippen molar-refractivity contribution in [3.63, 3.8) is 0 Å². The summed E-state index contributed by atoms with van der Waals surface area (Å²) in [6, 6.07) is 2.48. The fourth-order valence-corrected chi connectivity index (χ4v) is 2.36. The Morgan fingerprint density at radius 1 is 1.45 bits per heavy atom. The Morgan fingerprint density at radius 2 is 2.30 bits per heavy atom. The molecule has 1 aliphatic rings. The molecule has 1 saturated heterocycles. The van der Waals surface area contributed by atoms with Crippen LogP contribution in [-0.4, -0.2) is 27.5 Å². The van der Waals surface area contributed by atoms with Gasteiger partial charge in [-0.3, -0.25) is 4.79 Å². The molecule has 3 rings (SSSR count). The van der Waals surface area contributed by atoms with E-state index in [4.69, 9.17) is 8.94 Å². The van der Waals surface area contributed by atoms with Gasteiger partial charge in [0.2, 0.25) is 5.89 Å². The molecular weight excluding hydrogens is 262 g/mol. The second-order valence-electron chi connectivity index (χ2n) is 4.68. The summed E-state index contributed by atoms with van der Waals surface area (Å²) < 4.78 is 9.88. The highest BCUT2D eigenvalue weighted by Crippen LogP contribution is 2.31. The van der Waals surface area contributed by atoms with Crippen molar-refractivity contribution in [2.75, 3.05) is 6.54 Å². The Balaban J connectivity index is 1.86. The summed E-state index contributed by atoms with van der Waals surface area (Å²) >= 11 is 0. The number of nitrogens with zero attached hydrogens (tertiary/aromatic N) is 3. The maximum atomic E-state index is 12.4. The van der Waals surface area contributed by atoms with Crippen LogP contribution in [0.1, 0.15) is 41.0 Å². The quantitative estimate of drug-likeness (QED) is 0.820. The average molecular weight is 275 g/mol. The minimum Gasteiger partial charge on any atom is -0.430 e. The van der Waals surface area contributed by atoms with Crippen molar-refractivity contribution in [2.24, 2.45) is 0 Å². The van der Waals surface area contributed by atoms with Crippen LogP contribution in [0, 0.1) is 6.92 Å². The molecule has 1 aliphatic heterocycles. The number of rotatable bonds is 2. The highest BCUT2D eigenvalue weighted by Gasteiger charge is 2.34. The SMILES string of the molecule is Cc1noc(C2CCCN2C(=O)c2ccc(=O)oc2)n1. The fourth-order valence-electron chi connectivity index (χ4n) is 2.36. The molecule has 104 valence electrons. The van der Waals surface area contributed by atoms with E-state index in [2.05, 4.69) is 10.1 Å². The van der Waals surface area contributed by atoms with Gasteiger partial charge in [0.05, 0.1) is 5.56 Å². The summed E-state index contributed by atoms with van der Waals surface area (Å²) in [6.45, 7) is 2.35. The normalized spacial score (nSPS) is 18.4. The molecule has 0 radical (unpaired) electrons. The van der Waals surface area contributed by atoms with E-state index in [-0.39, 0.29) is 11.9 Å². The van der Waals surface area contributed by atoms with Gasteiger partial charge in [-0.05, 0) is 25.8 Å². The molecule has 0 saturated carbocycles. The molecule has 7 heteroatoms. The van der Waals surface area contributed by atoms with Gasteiger partial charge < -0.3 is 13.8 Å². The number of aromatic nitrogens is 2. The molecule has 1 unspecified atom stereocenters. The second-order valence-corrected chi connectivity index (χ2v) is 4.68. The molecule has 20 heavy (non-hydrogen) atoms. The third-order valence-electron chi connectivity index (χ3n) is 3.29. The number of likely N-dealkylation sites (tertiary alicyclic amines) is 1. The van der Waals surface area contributed by atoms with Crippen LogP contribution >= 0.6 is 0 Å². The summed E-state index contributed by atoms with van der Waals surface area (Å²) in [6.07, 6.45) is 2.83. The number of amides is 1. The van der Waals surface area contributed by atoms with Gasteiger partial charge in [-0.15, -0.1) is 0 Å². The minimum absolute atomic E-state index is 0.202. The molecule has 7 nitrogen and oxygen atoms in total. The molecule has 1 fully saturated rings. The highest BCUT2D eigenvalue weighted by molar-refractivity contribution is 5.94. The third kappa shape index (κ3) is 2.22. The van der Waals surface area contributed by atoms with Gasteiger partial charge in [-0.1, -0.05) is 5.16 Å². The smallest absolute Gasteiger partial charge is 0.335 e. The van der Waals surface area contributed by atoms with E-state index >= 15 is 0 Å². The fraction of sp³-hybridized carbons (Fsp3) is 0.385. The van der Waals surface area contributed by atoms with Crippen molar-refractivity contribution < 1.29 is 13.7 Å². The second kappa shape index (κ2) is 4.92. The number of hydrogen-bond acceptors (Lipinski definition) is 6. The summed E-state index contributed by atoms with van der Waals surface area (Å²) in [5.74, 6) is 0.794. The van der Waals surface area contributed by atoms with Gasteiger partial charge in [0.1, 0.15) is 12.3 Å². The minimum atomic E-state index is -0.480. The van der Waals surface area contributed by atoms with Crippen molar-refractivity contribution in [1.82, 2.24) is 15.0 Å². The van der Waals surface area contributed by atoms with E-state index < -0.39 is 5.63 Å². The Bertz CT molecular complexity index is 670. The largest absolute Gasteiger partial charge is 0.430 e. The molecule has 0 spiro atoms. The molecule has 0 N–H and O–H groups in total. The topological polar surface area (TPSA) is 89.4 Å². The lowest BCUT2D eigenvalue weighted by Crippen LogP contribution is -2.30. The summed E-state index contributed by atoms with van der Waals surface area (Å²) in [7, 11) is 0. The molecule has 1 amide bonds. The zero-order valence-corrected chi connectivity index (χ0v) is 10.9. The first kappa shape index (κ1) is 12.6. The first-order chi connectivity index (χ1) is 9.65. The lowest BCUT2D eigenvalue weighted by atomic mass is 10.2. The van der Waals surface area contributed by atoms with Crippen LogP contribution in [0.3, 0.4) is 0 Å². The number of aryl methyl sites for hydroxylation is 1. The molecule has 1 atom stereocenters. The molecule has 2 aromatic rings. The van der Waals surface area contributed by atoms with E-state index in [9.17, 15) is 9.59 Å². The van der Waals surface area contributed by atoms with Gasteiger partial charge in [0, 0.05) is 12.6 Å². The van der Waals surface area contributed by atoms with Crippen LogP contribution in [0.5, 0.6) is 0 Å². The number of hydrogen-bond donors (Lipinski definition) is 0. The average Bonchev–Trinajstić information content (AvgIpc) is 3.07. The Morgan fingerprint density at radius 3 is 2.95 bits per heavy atom. The lowest BCUT2D eigenvalue weighted by molar-refractivity contribution is 0.0707. The van der Waals surface area contributed by atoms with Crippen LogP contribution in [0.15, 0.2) is 32.1 Å².